The Hall–Kier alpha value is -3.59. The highest BCUT2D eigenvalue weighted by atomic mass is 35.5. The fourth-order valence-electron chi connectivity index (χ4n) is 2.83. The fraction of sp³-hybridized carbons (Fsp3) is 0.200. The van der Waals surface area contributed by atoms with Gasteiger partial charge in [0.15, 0.2) is 11.3 Å². The molecule has 2 heterocycles. The number of carbonyl (C=O) groups excluding carboxylic acids is 2. The third-order valence-electron chi connectivity index (χ3n) is 4.47. The van der Waals surface area contributed by atoms with Crippen LogP contribution < -0.4 is 16.3 Å². The molecule has 0 saturated carbocycles. The number of halogens is 1. The van der Waals surface area contributed by atoms with Crippen LogP contribution in [0, 0.1) is 0 Å². The van der Waals surface area contributed by atoms with Gasteiger partial charge < -0.3 is 24.3 Å². The van der Waals surface area contributed by atoms with E-state index in [1.54, 1.807) is 24.3 Å². The summed E-state index contributed by atoms with van der Waals surface area (Å²) in [6, 6.07) is 6.94. The number of aromatic hydroxyl groups is 1. The molecule has 0 atom stereocenters. The quantitative estimate of drug-likeness (QED) is 0.618. The number of fused-ring (bicyclic) bond motifs is 1. The molecule has 0 bridgehead atoms. The number of benzene rings is 1. The van der Waals surface area contributed by atoms with Crippen LogP contribution in [0.3, 0.4) is 0 Å². The van der Waals surface area contributed by atoms with Crippen LogP contribution >= 0.6 is 11.6 Å². The molecule has 0 aliphatic heterocycles. The zero-order valence-corrected chi connectivity index (χ0v) is 17.0. The van der Waals surface area contributed by atoms with Crippen molar-refractivity contribution in [2.75, 3.05) is 20.6 Å². The second kappa shape index (κ2) is 8.42. The maximum Gasteiger partial charge on any atom is 0.279 e. The maximum absolute atomic E-state index is 12.8. The second-order valence-electron chi connectivity index (χ2n) is 6.81. The lowest BCUT2D eigenvalue weighted by Gasteiger charge is -2.12. The number of nitrogens with one attached hydrogen (secondary N) is 1. The Morgan fingerprint density at radius 1 is 1.20 bits per heavy atom. The summed E-state index contributed by atoms with van der Waals surface area (Å²) in [4.78, 5) is 50.5. The predicted octanol–water partition coefficient (Wildman–Crippen LogP) is 0.687. The zero-order valence-electron chi connectivity index (χ0n) is 16.3. The van der Waals surface area contributed by atoms with E-state index in [-0.39, 0.29) is 30.1 Å². The van der Waals surface area contributed by atoms with E-state index in [9.17, 15) is 24.3 Å². The van der Waals surface area contributed by atoms with Crippen LogP contribution in [0.5, 0.6) is 5.75 Å². The highest BCUT2D eigenvalue weighted by molar-refractivity contribution is 6.30. The van der Waals surface area contributed by atoms with Gasteiger partial charge in [-0.05, 0) is 17.7 Å². The molecule has 10 heteroatoms. The number of likely N-dealkylation sites (N-methyl/N-ethyl adjacent to an activating group) is 1. The average Bonchev–Trinajstić information content (AvgIpc) is 2.70. The van der Waals surface area contributed by atoms with Crippen molar-refractivity contribution >= 4 is 28.9 Å². The Balaban J connectivity index is 1.99. The standard InChI is InChI=1S/C20H19ClN4O5/c1-23(2)15(26)9-22-19(29)14-11-24-6-7-25(10-12-4-3-5-13(21)8-12)20(30)16(24)18(28)17(14)27/h3-8,11,28H,9-10H2,1-2H3,(H,22,29). The first kappa shape index (κ1) is 21.1. The number of pyridine rings is 1. The minimum atomic E-state index is -0.998. The molecule has 0 aliphatic rings. The largest absolute Gasteiger partial charge is 0.503 e. The normalized spacial score (nSPS) is 10.8. The first-order chi connectivity index (χ1) is 14.2. The van der Waals surface area contributed by atoms with Crippen molar-refractivity contribution < 1.29 is 14.7 Å². The van der Waals surface area contributed by atoms with Crippen molar-refractivity contribution in [3.05, 3.63) is 79.6 Å². The molecule has 9 nitrogen and oxygen atoms in total. The number of rotatable bonds is 5. The monoisotopic (exact) mass is 430 g/mol. The second-order valence-corrected chi connectivity index (χ2v) is 7.24. The Morgan fingerprint density at radius 3 is 2.60 bits per heavy atom. The molecule has 156 valence electrons. The van der Waals surface area contributed by atoms with Gasteiger partial charge in [-0.15, -0.1) is 0 Å². The first-order valence-electron chi connectivity index (χ1n) is 8.89. The molecule has 30 heavy (non-hydrogen) atoms. The molecule has 3 aromatic rings. The summed E-state index contributed by atoms with van der Waals surface area (Å²) < 4.78 is 2.52. The van der Waals surface area contributed by atoms with Gasteiger partial charge in [-0.1, -0.05) is 23.7 Å². The van der Waals surface area contributed by atoms with Crippen LogP contribution in [0.2, 0.25) is 5.02 Å². The molecule has 3 rings (SSSR count). The molecule has 0 spiro atoms. The number of aromatic nitrogens is 2. The van der Waals surface area contributed by atoms with E-state index >= 15 is 0 Å². The van der Waals surface area contributed by atoms with Gasteiger partial charge in [-0.25, -0.2) is 0 Å². The van der Waals surface area contributed by atoms with Gasteiger partial charge in [0, 0.05) is 37.7 Å². The Bertz CT molecular complexity index is 1260. The number of amides is 2. The summed E-state index contributed by atoms with van der Waals surface area (Å²) in [6.45, 7) is -0.131. The van der Waals surface area contributed by atoms with Crippen LogP contribution in [0.4, 0.5) is 0 Å². The molecule has 0 unspecified atom stereocenters. The lowest BCUT2D eigenvalue weighted by Crippen LogP contribution is -2.38. The summed E-state index contributed by atoms with van der Waals surface area (Å²) in [5, 5.41) is 13.2. The summed E-state index contributed by atoms with van der Waals surface area (Å²) in [6.07, 6.45) is 4.07. The predicted molar refractivity (Wildman–Crippen MR) is 111 cm³/mol. The van der Waals surface area contributed by atoms with Crippen molar-refractivity contribution in [3.8, 4) is 5.75 Å². The van der Waals surface area contributed by atoms with Gasteiger partial charge in [0.2, 0.25) is 11.3 Å². The summed E-state index contributed by atoms with van der Waals surface area (Å²) in [7, 11) is 3.05. The molecular weight excluding hydrogens is 412 g/mol. The van der Waals surface area contributed by atoms with Crippen LogP contribution in [-0.4, -0.2) is 51.4 Å². The third-order valence-corrected chi connectivity index (χ3v) is 4.70. The smallest absolute Gasteiger partial charge is 0.279 e. The topological polar surface area (TPSA) is 113 Å². The van der Waals surface area contributed by atoms with Gasteiger partial charge in [0.1, 0.15) is 5.56 Å². The van der Waals surface area contributed by atoms with Crippen molar-refractivity contribution in [1.29, 1.82) is 0 Å². The number of hydrogen-bond donors (Lipinski definition) is 2. The summed E-state index contributed by atoms with van der Waals surface area (Å²) in [5.74, 6) is -2.03. The van der Waals surface area contributed by atoms with Crippen LogP contribution in [0.1, 0.15) is 15.9 Å². The maximum atomic E-state index is 12.8. The Morgan fingerprint density at radius 2 is 1.93 bits per heavy atom. The van der Waals surface area contributed by atoms with Crippen LogP contribution in [0.15, 0.2) is 52.4 Å². The Labute approximate surface area is 175 Å². The van der Waals surface area contributed by atoms with Gasteiger partial charge in [-0.3, -0.25) is 19.2 Å². The molecule has 2 N–H and O–H groups in total. The lowest BCUT2D eigenvalue weighted by atomic mass is 10.2. The van der Waals surface area contributed by atoms with Gasteiger partial charge in [0.05, 0.1) is 13.1 Å². The van der Waals surface area contributed by atoms with Gasteiger partial charge in [0.25, 0.3) is 11.5 Å². The molecular formula is C20H19ClN4O5. The fourth-order valence-corrected chi connectivity index (χ4v) is 3.05. The van der Waals surface area contributed by atoms with E-state index < -0.39 is 22.6 Å². The Kier molecular flexibility index (Phi) is 5.93. The first-order valence-corrected chi connectivity index (χ1v) is 9.27. The molecule has 1 aromatic carbocycles. The average molecular weight is 431 g/mol. The summed E-state index contributed by atoms with van der Waals surface area (Å²) in [5.41, 5.74) is -1.49. The molecule has 0 aliphatic carbocycles. The van der Waals surface area contributed by atoms with E-state index in [0.29, 0.717) is 5.02 Å². The van der Waals surface area contributed by atoms with Crippen LogP contribution in [-0.2, 0) is 11.3 Å². The number of carbonyl (C=O) groups is 2. The minimum absolute atomic E-state index is 0.179. The van der Waals surface area contributed by atoms with Gasteiger partial charge >= 0.3 is 0 Å². The van der Waals surface area contributed by atoms with E-state index in [0.717, 1.165) is 11.8 Å². The number of nitrogens with zero attached hydrogens (tertiary/aromatic N) is 3. The van der Waals surface area contributed by atoms with Crippen molar-refractivity contribution in [1.82, 2.24) is 19.2 Å². The molecule has 2 aromatic heterocycles. The molecule has 0 radical (unpaired) electrons. The third kappa shape index (κ3) is 4.20. The van der Waals surface area contributed by atoms with E-state index in [1.165, 1.54) is 40.4 Å². The van der Waals surface area contributed by atoms with Crippen molar-refractivity contribution in [2.45, 2.75) is 6.54 Å². The van der Waals surface area contributed by atoms with E-state index in [4.69, 9.17) is 11.6 Å². The van der Waals surface area contributed by atoms with Crippen molar-refractivity contribution in [2.24, 2.45) is 0 Å². The zero-order chi connectivity index (χ0) is 22.0. The van der Waals surface area contributed by atoms with E-state index in [2.05, 4.69) is 5.32 Å². The highest BCUT2D eigenvalue weighted by Crippen LogP contribution is 2.14. The lowest BCUT2D eigenvalue weighted by molar-refractivity contribution is -0.127. The molecule has 0 saturated heterocycles. The van der Waals surface area contributed by atoms with Gasteiger partial charge in [-0.2, -0.15) is 0 Å². The SMILES string of the molecule is CN(C)C(=O)CNC(=O)c1cn2ccn(Cc3cccc(Cl)c3)c(=O)c2c(O)c1=O. The minimum Gasteiger partial charge on any atom is -0.503 e. The van der Waals surface area contributed by atoms with E-state index in [1.807, 2.05) is 0 Å². The molecule has 0 fully saturated rings. The van der Waals surface area contributed by atoms with Crippen molar-refractivity contribution in [3.63, 3.8) is 0 Å². The highest BCUT2D eigenvalue weighted by Gasteiger charge is 2.19. The molecule has 2 amide bonds. The number of hydrogen-bond acceptors (Lipinski definition) is 5. The summed E-state index contributed by atoms with van der Waals surface area (Å²) >= 11 is 5.97. The van der Waals surface area contributed by atoms with Crippen LogP contribution in [0.25, 0.3) is 5.52 Å².